The van der Waals surface area contributed by atoms with E-state index in [1.807, 2.05) is 24.3 Å². The van der Waals surface area contributed by atoms with Crippen LogP contribution in [-0.2, 0) is 0 Å². The maximum Gasteiger partial charge on any atom is 0.171 e. The van der Waals surface area contributed by atoms with Gasteiger partial charge in [0, 0.05) is 14.9 Å². The quantitative estimate of drug-likeness (QED) is 0.705. The molecule has 3 nitrogen and oxygen atoms in total. The van der Waals surface area contributed by atoms with Crippen LogP contribution in [0.3, 0.4) is 0 Å². The summed E-state index contributed by atoms with van der Waals surface area (Å²) in [6.07, 6.45) is 0.836. The highest BCUT2D eigenvalue weighted by Gasteiger charge is 2.08. The minimum absolute atomic E-state index is 0.654. The normalized spacial score (nSPS) is 10.9. The standard InChI is InChI=1S/C15H11BrN2OS/c1-9-2-4-12-13(6-9)18-15(17-12)20-14-5-3-10(8-19)7-11(14)16/h2-8H,1H3,(H,17,18). The van der Waals surface area contributed by atoms with Crippen molar-refractivity contribution >= 4 is 45.0 Å². The van der Waals surface area contributed by atoms with Crippen molar-refractivity contribution in [3.8, 4) is 0 Å². The lowest BCUT2D eigenvalue weighted by Crippen LogP contribution is -1.82. The topological polar surface area (TPSA) is 45.8 Å². The van der Waals surface area contributed by atoms with Gasteiger partial charge >= 0.3 is 0 Å². The molecule has 0 fully saturated rings. The Hall–Kier alpha value is -1.59. The molecule has 0 aliphatic carbocycles. The molecule has 0 atom stereocenters. The molecule has 0 saturated carbocycles. The number of aryl methyl sites for hydroxylation is 1. The van der Waals surface area contributed by atoms with E-state index < -0.39 is 0 Å². The molecule has 100 valence electrons. The smallest absolute Gasteiger partial charge is 0.171 e. The van der Waals surface area contributed by atoms with Gasteiger partial charge in [0.1, 0.15) is 6.29 Å². The Labute approximate surface area is 128 Å². The van der Waals surface area contributed by atoms with Crippen LogP contribution in [-0.4, -0.2) is 16.3 Å². The first-order chi connectivity index (χ1) is 9.65. The number of aromatic amines is 1. The Morgan fingerprint density at radius 1 is 1.25 bits per heavy atom. The van der Waals surface area contributed by atoms with E-state index in [1.165, 1.54) is 17.3 Å². The van der Waals surface area contributed by atoms with Crippen LogP contribution in [0.4, 0.5) is 0 Å². The second-order valence-electron chi connectivity index (χ2n) is 4.47. The number of hydrogen-bond acceptors (Lipinski definition) is 3. The number of carbonyl (C=O) groups excluding carboxylic acids is 1. The first-order valence-corrected chi connectivity index (χ1v) is 7.65. The van der Waals surface area contributed by atoms with E-state index in [-0.39, 0.29) is 0 Å². The third-order valence-corrected chi connectivity index (χ3v) is 4.80. The van der Waals surface area contributed by atoms with E-state index in [2.05, 4.69) is 38.9 Å². The van der Waals surface area contributed by atoms with Crippen LogP contribution in [0.1, 0.15) is 15.9 Å². The van der Waals surface area contributed by atoms with E-state index in [0.717, 1.165) is 31.8 Å². The van der Waals surface area contributed by atoms with Gasteiger partial charge in [0.25, 0.3) is 0 Å². The zero-order valence-corrected chi connectivity index (χ0v) is 13.1. The Balaban J connectivity index is 1.94. The summed E-state index contributed by atoms with van der Waals surface area (Å²) in [6, 6.07) is 11.7. The van der Waals surface area contributed by atoms with Crippen molar-refractivity contribution in [1.82, 2.24) is 9.97 Å². The minimum Gasteiger partial charge on any atom is -0.333 e. The number of H-pyrrole nitrogens is 1. The van der Waals surface area contributed by atoms with Crippen molar-refractivity contribution in [1.29, 1.82) is 0 Å². The number of aromatic nitrogens is 2. The van der Waals surface area contributed by atoms with Gasteiger partial charge in [0.05, 0.1) is 11.0 Å². The van der Waals surface area contributed by atoms with Gasteiger partial charge in [-0.15, -0.1) is 0 Å². The van der Waals surface area contributed by atoms with Crippen LogP contribution in [0, 0.1) is 6.92 Å². The van der Waals surface area contributed by atoms with E-state index in [1.54, 1.807) is 6.07 Å². The van der Waals surface area contributed by atoms with Crippen LogP contribution >= 0.6 is 27.7 Å². The number of aldehydes is 1. The summed E-state index contributed by atoms with van der Waals surface area (Å²) in [6.45, 7) is 2.06. The largest absolute Gasteiger partial charge is 0.333 e. The highest BCUT2D eigenvalue weighted by molar-refractivity contribution is 9.10. The summed E-state index contributed by atoms with van der Waals surface area (Å²) < 4.78 is 0.892. The van der Waals surface area contributed by atoms with Gasteiger partial charge in [-0.25, -0.2) is 4.98 Å². The number of hydrogen-bond donors (Lipinski definition) is 1. The summed E-state index contributed by atoms with van der Waals surface area (Å²) in [5.41, 5.74) is 3.85. The summed E-state index contributed by atoms with van der Waals surface area (Å²) >= 11 is 5.02. The summed E-state index contributed by atoms with van der Waals surface area (Å²) in [5.74, 6) is 0. The number of fused-ring (bicyclic) bond motifs is 1. The molecule has 0 saturated heterocycles. The molecule has 3 aromatic rings. The molecule has 5 heteroatoms. The molecule has 1 aromatic heterocycles. The number of carbonyl (C=O) groups is 1. The lowest BCUT2D eigenvalue weighted by molar-refractivity contribution is 0.112. The van der Waals surface area contributed by atoms with Crippen LogP contribution in [0.25, 0.3) is 11.0 Å². The second-order valence-corrected chi connectivity index (χ2v) is 6.36. The van der Waals surface area contributed by atoms with E-state index in [9.17, 15) is 4.79 Å². The summed E-state index contributed by atoms with van der Waals surface area (Å²) in [5, 5.41) is 0.838. The molecule has 0 aliphatic heterocycles. The van der Waals surface area contributed by atoms with Crippen molar-refractivity contribution in [2.24, 2.45) is 0 Å². The lowest BCUT2D eigenvalue weighted by atomic mass is 10.2. The molecule has 3 rings (SSSR count). The van der Waals surface area contributed by atoms with Gasteiger partial charge in [0.15, 0.2) is 5.16 Å². The molecule has 0 spiro atoms. The Bertz CT molecular complexity index is 798. The first kappa shape index (κ1) is 13.4. The Morgan fingerprint density at radius 2 is 2.10 bits per heavy atom. The van der Waals surface area contributed by atoms with Gasteiger partial charge in [-0.1, -0.05) is 23.9 Å². The maximum atomic E-state index is 10.7. The van der Waals surface area contributed by atoms with Crippen molar-refractivity contribution in [3.63, 3.8) is 0 Å². The Morgan fingerprint density at radius 3 is 2.85 bits per heavy atom. The molecule has 0 amide bonds. The Kier molecular flexibility index (Phi) is 3.63. The molecule has 2 aromatic carbocycles. The number of halogens is 1. The highest BCUT2D eigenvalue weighted by atomic mass is 79.9. The molecule has 0 unspecified atom stereocenters. The SMILES string of the molecule is Cc1ccc2nc(Sc3ccc(C=O)cc3Br)[nH]c2c1. The minimum atomic E-state index is 0.654. The predicted octanol–water partition coefficient (Wildman–Crippen LogP) is 4.60. The lowest BCUT2D eigenvalue weighted by Gasteiger charge is -2.02. The zero-order valence-electron chi connectivity index (χ0n) is 10.7. The third kappa shape index (κ3) is 2.64. The average molecular weight is 347 g/mol. The average Bonchev–Trinajstić information content (AvgIpc) is 2.82. The van der Waals surface area contributed by atoms with E-state index >= 15 is 0 Å². The molecule has 0 bridgehead atoms. The van der Waals surface area contributed by atoms with Gasteiger partial charge < -0.3 is 4.98 Å². The molecule has 1 heterocycles. The zero-order chi connectivity index (χ0) is 14.1. The van der Waals surface area contributed by atoms with Crippen molar-refractivity contribution in [2.45, 2.75) is 17.0 Å². The fraction of sp³-hybridized carbons (Fsp3) is 0.0667. The van der Waals surface area contributed by atoms with Gasteiger partial charge in [-0.05, 0) is 52.7 Å². The predicted molar refractivity (Wildman–Crippen MR) is 84.5 cm³/mol. The first-order valence-electron chi connectivity index (χ1n) is 6.04. The van der Waals surface area contributed by atoms with Gasteiger partial charge in [0.2, 0.25) is 0 Å². The maximum absolute atomic E-state index is 10.7. The molecule has 0 aliphatic rings. The number of benzene rings is 2. The van der Waals surface area contributed by atoms with Crippen molar-refractivity contribution in [3.05, 3.63) is 52.0 Å². The summed E-state index contributed by atoms with van der Waals surface area (Å²) in [7, 11) is 0. The molecular weight excluding hydrogens is 336 g/mol. The fourth-order valence-corrected chi connectivity index (χ4v) is 3.37. The van der Waals surface area contributed by atoms with Crippen LogP contribution in [0.2, 0.25) is 0 Å². The van der Waals surface area contributed by atoms with Gasteiger partial charge in [-0.3, -0.25) is 4.79 Å². The monoisotopic (exact) mass is 346 g/mol. The number of nitrogens with zero attached hydrogens (tertiary/aromatic N) is 1. The van der Waals surface area contributed by atoms with E-state index in [0.29, 0.717) is 5.56 Å². The van der Waals surface area contributed by atoms with Crippen LogP contribution in [0.15, 0.2) is 50.9 Å². The third-order valence-electron chi connectivity index (χ3n) is 2.91. The highest BCUT2D eigenvalue weighted by Crippen LogP contribution is 2.33. The van der Waals surface area contributed by atoms with Crippen molar-refractivity contribution in [2.75, 3.05) is 0 Å². The molecular formula is C15H11BrN2OS. The number of nitrogens with one attached hydrogen (secondary N) is 1. The van der Waals surface area contributed by atoms with E-state index in [4.69, 9.17) is 0 Å². The molecule has 0 radical (unpaired) electrons. The number of imidazole rings is 1. The summed E-state index contributed by atoms with van der Waals surface area (Å²) in [4.78, 5) is 19.6. The van der Waals surface area contributed by atoms with Crippen LogP contribution in [0.5, 0.6) is 0 Å². The molecule has 1 N–H and O–H groups in total. The second kappa shape index (κ2) is 5.42. The molecule has 20 heavy (non-hydrogen) atoms. The van der Waals surface area contributed by atoms with Crippen LogP contribution < -0.4 is 0 Å². The number of rotatable bonds is 3. The fourth-order valence-electron chi connectivity index (χ4n) is 1.93. The van der Waals surface area contributed by atoms with Gasteiger partial charge in [-0.2, -0.15) is 0 Å². The van der Waals surface area contributed by atoms with Crippen molar-refractivity contribution < 1.29 is 4.79 Å².